The molecule has 2 aliphatic rings. The zero-order valence-electron chi connectivity index (χ0n) is 24.8. The number of aromatic nitrogens is 4. The van der Waals surface area contributed by atoms with Crippen LogP contribution in [-0.2, 0) is 9.59 Å². The Balaban J connectivity index is 1.79. The lowest BCUT2D eigenvalue weighted by Gasteiger charge is -2.40. The molecule has 3 aromatic heterocycles. The Labute approximate surface area is 254 Å². The van der Waals surface area contributed by atoms with Crippen molar-refractivity contribution in [3.63, 3.8) is 0 Å². The minimum absolute atomic E-state index is 0.0491. The molecule has 5 heterocycles. The number of carbonyl (C=O) groups excluding carboxylic acids is 2. The lowest BCUT2D eigenvalue weighted by atomic mass is 10.0. The monoisotopic (exact) mass is 619 g/mol. The molecule has 0 aliphatic carbocycles. The minimum Gasteiger partial charge on any atom is -0.507 e. The first-order valence-corrected chi connectivity index (χ1v) is 14.1. The highest BCUT2D eigenvalue weighted by molar-refractivity contribution is 6.13. The fraction of sp³-hybridized carbons (Fsp3) is 0.290. The molecule has 0 bridgehead atoms. The number of piperazine rings is 1. The van der Waals surface area contributed by atoms with E-state index in [1.807, 2.05) is 13.8 Å². The summed E-state index contributed by atoms with van der Waals surface area (Å²) in [7, 11) is 1.29. The van der Waals surface area contributed by atoms with E-state index in [1.165, 1.54) is 16.8 Å². The quantitative estimate of drug-likeness (QED) is 0.344. The van der Waals surface area contributed by atoms with Gasteiger partial charge in [-0.05, 0) is 42.7 Å². The van der Waals surface area contributed by atoms with Crippen molar-refractivity contribution in [2.75, 3.05) is 36.5 Å². The van der Waals surface area contributed by atoms with Gasteiger partial charge in [-0.15, -0.1) is 0 Å². The smallest absolute Gasteiger partial charge is 0.355 e. The zero-order valence-corrected chi connectivity index (χ0v) is 24.8. The summed E-state index contributed by atoms with van der Waals surface area (Å²) in [5.41, 5.74) is -1.83. The molecule has 6 rings (SSSR count). The number of aromatic hydroxyl groups is 1. The Kier molecular flexibility index (Phi) is 7.09. The Morgan fingerprint density at radius 1 is 1.09 bits per heavy atom. The summed E-state index contributed by atoms with van der Waals surface area (Å²) in [5, 5.41) is 10.6. The van der Waals surface area contributed by atoms with Gasteiger partial charge in [-0.1, -0.05) is 20.4 Å². The van der Waals surface area contributed by atoms with Crippen LogP contribution in [0.1, 0.15) is 31.0 Å². The number of benzene rings is 1. The SMILES string of the molecule is C=CC(=O)N1CCN2c3nc(=O)n(-c4c(C)ccnc4C(C)C)c4nc(-c5c(O)ccc(F)c5F)c(F)c(c34)N(C)C(=O)C2C1. The molecule has 2 aliphatic heterocycles. The molecule has 45 heavy (non-hydrogen) atoms. The maximum Gasteiger partial charge on any atom is 0.355 e. The number of likely N-dealkylation sites (N-methyl/N-ethyl adjacent to an activating group) is 1. The normalized spacial score (nSPS) is 16.3. The van der Waals surface area contributed by atoms with Crippen molar-refractivity contribution in [1.29, 1.82) is 0 Å². The topological polar surface area (TPSA) is 125 Å². The van der Waals surface area contributed by atoms with Crippen molar-refractivity contribution in [3.8, 4) is 22.7 Å². The molecule has 4 aromatic rings. The van der Waals surface area contributed by atoms with Gasteiger partial charge in [-0.2, -0.15) is 4.98 Å². The van der Waals surface area contributed by atoms with E-state index < -0.39 is 63.7 Å². The summed E-state index contributed by atoms with van der Waals surface area (Å²) in [5.74, 6) is -6.35. The third-order valence-electron chi connectivity index (χ3n) is 8.25. The average Bonchev–Trinajstić information content (AvgIpc) is 3.10. The number of hydrogen-bond donors (Lipinski definition) is 1. The Morgan fingerprint density at radius 3 is 2.51 bits per heavy atom. The molecule has 1 aromatic carbocycles. The number of hydrogen-bond acceptors (Lipinski definition) is 8. The van der Waals surface area contributed by atoms with Gasteiger partial charge in [0, 0.05) is 26.3 Å². The van der Waals surface area contributed by atoms with Crippen LogP contribution in [-0.4, -0.2) is 74.1 Å². The van der Waals surface area contributed by atoms with Crippen LogP contribution in [0.4, 0.5) is 24.7 Å². The van der Waals surface area contributed by atoms with Crippen molar-refractivity contribution in [2.45, 2.75) is 32.7 Å². The van der Waals surface area contributed by atoms with Gasteiger partial charge in [-0.3, -0.25) is 14.6 Å². The van der Waals surface area contributed by atoms with Crippen LogP contribution in [0.15, 0.2) is 41.8 Å². The first-order valence-electron chi connectivity index (χ1n) is 14.1. The second-order valence-electron chi connectivity index (χ2n) is 11.2. The predicted octanol–water partition coefficient (Wildman–Crippen LogP) is 3.58. The summed E-state index contributed by atoms with van der Waals surface area (Å²) in [4.78, 5) is 57.7. The average molecular weight is 620 g/mol. The first kappa shape index (κ1) is 29.8. The standard InChI is InChI=1S/C31H28F3N7O4/c1-6-19(43)39-11-12-40-17(13-39)30(44)38(5)27-21-28(40)37-31(45)41(26-15(4)9-10-35-24(26)14(2)3)29(21)36-25(23(27)34)20-18(42)8-7-16(32)22(20)33/h6-10,14,17,42H,1,11-13H2,2-5H3. The number of amides is 2. The second kappa shape index (κ2) is 10.7. The molecule has 1 N–H and O–H groups in total. The molecule has 0 spiro atoms. The van der Waals surface area contributed by atoms with Crippen LogP contribution in [0.2, 0.25) is 0 Å². The van der Waals surface area contributed by atoms with E-state index >= 15 is 8.78 Å². The number of phenolic OH excluding ortho intramolecular Hbond substituents is 1. The van der Waals surface area contributed by atoms with E-state index in [0.29, 0.717) is 23.0 Å². The lowest BCUT2D eigenvalue weighted by molar-refractivity contribution is -0.128. The number of carbonyl (C=O) groups is 2. The third-order valence-corrected chi connectivity index (χ3v) is 8.25. The van der Waals surface area contributed by atoms with Crippen LogP contribution in [0, 0.1) is 24.4 Å². The maximum atomic E-state index is 16.8. The number of anilines is 2. The van der Waals surface area contributed by atoms with Crippen LogP contribution in [0.25, 0.3) is 28.0 Å². The summed E-state index contributed by atoms with van der Waals surface area (Å²) >= 11 is 0. The molecule has 14 heteroatoms. The highest BCUT2D eigenvalue weighted by Crippen LogP contribution is 2.44. The molecule has 232 valence electrons. The number of fused-ring (bicyclic) bond motifs is 2. The fourth-order valence-electron chi connectivity index (χ4n) is 6.04. The summed E-state index contributed by atoms with van der Waals surface area (Å²) in [6, 6.07) is 2.11. The van der Waals surface area contributed by atoms with Gasteiger partial charge in [0.1, 0.15) is 23.3 Å². The molecule has 0 radical (unpaired) electrons. The Hall–Kier alpha value is -5.27. The van der Waals surface area contributed by atoms with Crippen molar-refractivity contribution < 1.29 is 27.9 Å². The minimum atomic E-state index is -1.57. The fourth-order valence-corrected chi connectivity index (χ4v) is 6.04. The molecule has 0 saturated carbocycles. The Morgan fingerprint density at radius 2 is 1.82 bits per heavy atom. The Bertz CT molecular complexity index is 2010. The van der Waals surface area contributed by atoms with E-state index in [9.17, 15) is 23.9 Å². The number of nitrogens with zero attached hydrogens (tertiary/aromatic N) is 7. The van der Waals surface area contributed by atoms with Crippen molar-refractivity contribution >= 4 is 34.4 Å². The van der Waals surface area contributed by atoms with Crippen LogP contribution < -0.4 is 15.5 Å². The van der Waals surface area contributed by atoms with Gasteiger partial charge in [0.15, 0.2) is 23.1 Å². The molecule has 1 unspecified atom stereocenters. The van der Waals surface area contributed by atoms with Crippen molar-refractivity contribution in [2.24, 2.45) is 0 Å². The molecule has 1 saturated heterocycles. The van der Waals surface area contributed by atoms with Crippen molar-refractivity contribution in [1.82, 2.24) is 24.4 Å². The maximum absolute atomic E-state index is 16.8. The third kappa shape index (κ3) is 4.42. The summed E-state index contributed by atoms with van der Waals surface area (Å²) in [6.45, 7) is 9.05. The van der Waals surface area contributed by atoms with Crippen LogP contribution in [0.5, 0.6) is 5.75 Å². The van der Waals surface area contributed by atoms with Gasteiger partial charge in [-0.25, -0.2) is 27.5 Å². The second-order valence-corrected chi connectivity index (χ2v) is 11.2. The molecule has 1 atom stereocenters. The number of halogens is 3. The molecular weight excluding hydrogens is 591 g/mol. The lowest BCUT2D eigenvalue weighted by Crippen LogP contribution is -2.60. The zero-order chi connectivity index (χ0) is 32.5. The van der Waals surface area contributed by atoms with E-state index in [1.54, 1.807) is 19.2 Å². The highest BCUT2D eigenvalue weighted by atomic mass is 19.2. The summed E-state index contributed by atoms with van der Waals surface area (Å²) < 4.78 is 47.6. The number of rotatable bonds is 4. The van der Waals surface area contributed by atoms with Gasteiger partial charge < -0.3 is 19.8 Å². The summed E-state index contributed by atoms with van der Waals surface area (Å²) in [6.07, 6.45) is 2.69. The van der Waals surface area contributed by atoms with Gasteiger partial charge in [0.05, 0.1) is 34.6 Å². The number of aryl methyl sites for hydroxylation is 1. The van der Waals surface area contributed by atoms with Crippen LogP contribution >= 0.6 is 0 Å². The van der Waals surface area contributed by atoms with E-state index in [-0.39, 0.29) is 42.4 Å². The van der Waals surface area contributed by atoms with Gasteiger partial charge in [0.2, 0.25) is 5.91 Å². The molecule has 1 fully saturated rings. The van der Waals surface area contributed by atoms with Gasteiger partial charge >= 0.3 is 5.69 Å². The van der Waals surface area contributed by atoms with Crippen molar-refractivity contribution in [3.05, 3.63) is 76.2 Å². The van der Waals surface area contributed by atoms with Crippen LogP contribution in [0.3, 0.4) is 0 Å². The van der Waals surface area contributed by atoms with E-state index in [4.69, 9.17) is 0 Å². The number of pyridine rings is 2. The molecule has 2 amide bonds. The van der Waals surface area contributed by atoms with Gasteiger partial charge in [0.25, 0.3) is 5.91 Å². The van der Waals surface area contributed by atoms with E-state index in [0.717, 1.165) is 21.6 Å². The predicted molar refractivity (Wildman–Crippen MR) is 160 cm³/mol. The highest BCUT2D eigenvalue weighted by Gasteiger charge is 2.43. The van der Waals surface area contributed by atoms with E-state index in [2.05, 4.69) is 21.5 Å². The number of phenols is 1. The first-order chi connectivity index (χ1) is 21.4. The largest absolute Gasteiger partial charge is 0.507 e. The molecule has 11 nitrogen and oxygen atoms in total. The molecular formula is C31H28F3N7O4.